The van der Waals surface area contributed by atoms with Crippen molar-refractivity contribution in [1.82, 2.24) is 0 Å². The second-order valence-electron chi connectivity index (χ2n) is 8.49. The van der Waals surface area contributed by atoms with E-state index in [4.69, 9.17) is 25.4 Å². The van der Waals surface area contributed by atoms with E-state index in [9.17, 15) is 15.0 Å². The lowest BCUT2D eigenvalue weighted by Crippen LogP contribution is -2.00. The van der Waals surface area contributed by atoms with Crippen LogP contribution < -0.4 is 20.5 Å². The number of carbonyl (C=O) groups excluding carboxylic acids is 1. The number of rotatable bonds is 6. The van der Waals surface area contributed by atoms with Gasteiger partial charge in [0.2, 0.25) is 0 Å². The van der Waals surface area contributed by atoms with Crippen molar-refractivity contribution in [2.75, 3.05) is 25.3 Å². The Morgan fingerprint density at radius 1 is 0.718 bits per heavy atom. The number of phenolic OH excluding ortho intramolecular Hbond substituents is 4. The molecule has 4 aromatic rings. The van der Waals surface area contributed by atoms with E-state index in [0.717, 1.165) is 16.7 Å². The number of phenols is 4. The molecule has 0 bridgehead atoms. The summed E-state index contributed by atoms with van der Waals surface area (Å²) in [4.78, 5) is 10.2. The Bertz CT molecular complexity index is 1390. The number of carbonyl (C=O) groups is 1. The summed E-state index contributed by atoms with van der Waals surface area (Å²) in [5, 5.41) is 40.4. The number of nitrogens with one attached hydrogen (secondary N) is 1. The van der Waals surface area contributed by atoms with Gasteiger partial charge < -0.3 is 41.0 Å². The van der Waals surface area contributed by atoms with Crippen LogP contribution >= 0.6 is 0 Å². The summed E-state index contributed by atoms with van der Waals surface area (Å²) in [5.74, 6) is 1.28. The normalized spacial score (nSPS) is 9.74. The van der Waals surface area contributed by atoms with E-state index in [-0.39, 0.29) is 23.0 Å². The number of hydrogen-bond acceptors (Lipinski definition) is 9. The standard InChI is InChI=1S/C15H17NO3.C8H8O3.C7H9NO/c1-10-3-5-13(17)12(7-10)16-9-11-4-6-14(18)15(8-11)19-2;1-11-8-4-6(5-9)2-3-7(8)10;1-5-2-3-7(9)6(8)4-5/h3-8,16-18H,9H2,1-2H3;2-5,10H,1H3;2-4,9H,8H2,1H3. The van der Waals surface area contributed by atoms with Crippen LogP contribution in [-0.2, 0) is 6.54 Å². The molecule has 4 aromatic carbocycles. The molecular weight excluding hydrogens is 500 g/mol. The summed E-state index contributed by atoms with van der Waals surface area (Å²) in [7, 11) is 2.95. The van der Waals surface area contributed by atoms with Crippen LogP contribution in [-0.4, -0.2) is 40.9 Å². The van der Waals surface area contributed by atoms with Gasteiger partial charge >= 0.3 is 0 Å². The average molecular weight is 535 g/mol. The predicted octanol–water partition coefficient (Wildman–Crippen LogP) is 5.52. The maximum absolute atomic E-state index is 10.2. The number of ether oxygens (including phenoxy) is 2. The Morgan fingerprint density at radius 2 is 1.26 bits per heavy atom. The zero-order valence-electron chi connectivity index (χ0n) is 22.3. The first-order valence-electron chi connectivity index (χ1n) is 11.8. The van der Waals surface area contributed by atoms with Crippen LogP contribution in [0.15, 0.2) is 72.8 Å². The first-order valence-corrected chi connectivity index (χ1v) is 11.8. The third-order valence-corrected chi connectivity index (χ3v) is 5.40. The van der Waals surface area contributed by atoms with Crippen molar-refractivity contribution >= 4 is 17.7 Å². The molecule has 0 atom stereocenters. The number of methoxy groups -OCH3 is 2. The van der Waals surface area contributed by atoms with Gasteiger partial charge in [-0.2, -0.15) is 0 Å². The van der Waals surface area contributed by atoms with Gasteiger partial charge in [0, 0.05) is 12.1 Å². The van der Waals surface area contributed by atoms with Gasteiger partial charge in [0.15, 0.2) is 23.0 Å². The quantitative estimate of drug-likeness (QED) is 0.106. The summed E-state index contributed by atoms with van der Waals surface area (Å²) >= 11 is 0. The first-order chi connectivity index (χ1) is 18.6. The molecule has 9 heteroatoms. The van der Waals surface area contributed by atoms with Crippen molar-refractivity contribution in [2.45, 2.75) is 20.4 Å². The molecular formula is C30H34N2O7. The molecule has 0 aliphatic carbocycles. The number of nitrogen functional groups attached to an aromatic ring is 1. The van der Waals surface area contributed by atoms with Crippen LogP contribution in [0.4, 0.5) is 11.4 Å². The summed E-state index contributed by atoms with van der Waals surface area (Å²) in [5.41, 5.74) is 10.1. The first kappa shape index (κ1) is 30.2. The number of nitrogens with two attached hydrogens (primary N) is 1. The predicted molar refractivity (Wildman–Crippen MR) is 152 cm³/mol. The molecule has 4 rings (SSSR count). The SMILES string of the molecule is COc1cc(C=O)ccc1O.COc1cc(CNc2cc(C)ccc2O)ccc1O.Cc1ccc(O)c(N)c1. The number of aldehydes is 1. The maximum Gasteiger partial charge on any atom is 0.161 e. The molecule has 0 heterocycles. The van der Waals surface area contributed by atoms with Gasteiger partial charge in [0.25, 0.3) is 0 Å². The van der Waals surface area contributed by atoms with Gasteiger partial charge in [-0.3, -0.25) is 4.79 Å². The molecule has 9 nitrogen and oxygen atoms in total. The summed E-state index contributed by atoms with van der Waals surface area (Å²) < 4.78 is 9.83. The van der Waals surface area contributed by atoms with E-state index in [1.54, 1.807) is 36.4 Å². The fourth-order valence-electron chi connectivity index (χ4n) is 3.26. The van der Waals surface area contributed by atoms with Crippen molar-refractivity contribution < 1.29 is 34.7 Å². The minimum Gasteiger partial charge on any atom is -0.506 e. The molecule has 7 N–H and O–H groups in total. The molecule has 0 aromatic heterocycles. The molecule has 0 aliphatic rings. The molecule has 0 saturated heterocycles. The molecule has 0 unspecified atom stereocenters. The van der Waals surface area contributed by atoms with Gasteiger partial charge in [0.1, 0.15) is 17.8 Å². The second kappa shape index (κ2) is 14.6. The molecule has 0 aliphatic heterocycles. The highest BCUT2D eigenvalue weighted by Crippen LogP contribution is 2.28. The van der Waals surface area contributed by atoms with Gasteiger partial charge in [-0.1, -0.05) is 18.2 Å². The molecule has 0 radical (unpaired) electrons. The van der Waals surface area contributed by atoms with Crippen molar-refractivity contribution in [3.63, 3.8) is 0 Å². The largest absolute Gasteiger partial charge is 0.506 e. The Morgan fingerprint density at radius 3 is 1.82 bits per heavy atom. The van der Waals surface area contributed by atoms with Crippen LogP contribution in [0.5, 0.6) is 34.5 Å². The van der Waals surface area contributed by atoms with Crippen LogP contribution in [0, 0.1) is 13.8 Å². The highest BCUT2D eigenvalue weighted by Gasteiger charge is 2.05. The Balaban J connectivity index is 0.000000226. The Labute approximate surface area is 227 Å². The summed E-state index contributed by atoms with van der Waals surface area (Å²) in [6.07, 6.45) is 0.696. The van der Waals surface area contributed by atoms with Crippen LogP contribution in [0.2, 0.25) is 0 Å². The van der Waals surface area contributed by atoms with Crippen LogP contribution in [0.1, 0.15) is 27.0 Å². The summed E-state index contributed by atoms with van der Waals surface area (Å²) in [6.45, 7) is 4.43. The van der Waals surface area contributed by atoms with Crippen LogP contribution in [0.25, 0.3) is 0 Å². The molecule has 0 spiro atoms. The van der Waals surface area contributed by atoms with Crippen molar-refractivity contribution in [3.8, 4) is 34.5 Å². The maximum atomic E-state index is 10.2. The monoisotopic (exact) mass is 534 g/mol. The average Bonchev–Trinajstić information content (AvgIpc) is 2.93. The Hall–Kier alpha value is -5.05. The molecule has 0 saturated carbocycles. The van der Waals surface area contributed by atoms with Crippen molar-refractivity contribution in [2.24, 2.45) is 0 Å². The van der Waals surface area contributed by atoms with E-state index in [2.05, 4.69) is 5.32 Å². The van der Waals surface area contributed by atoms with E-state index in [0.29, 0.717) is 41.3 Å². The topological polar surface area (TPSA) is 155 Å². The van der Waals surface area contributed by atoms with Gasteiger partial charge in [0.05, 0.1) is 25.6 Å². The van der Waals surface area contributed by atoms with Gasteiger partial charge in [-0.15, -0.1) is 0 Å². The molecule has 206 valence electrons. The van der Waals surface area contributed by atoms with E-state index < -0.39 is 0 Å². The third kappa shape index (κ3) is 9.40. The van der Waals surface area contributed by atoms with Crippen molar-refractivity contribution in [1.29, 1.82) is 0 Å². The van der Waals surface area contributed by atoms with Gasteiger partial charge in [-0.05, 0) is 85.1 Å². The number of aryl methyl sites for hydroxylation is 2. The number of aromatic hydroxyl groups is 4. The fourth-order valence-corrected chi connectivity index (χ4v) is 3.26. The van der Waals surface area contributed by atoms with Gasteiger partial charge in [-0.25, -0.2) is 0 Å². The summed E-state index contributed by atoms with van der Waals surface area (Å²) in [6, 6.07) is 20.1. The third-order valence-electron chi connectivity index (χ3n) is 5.40. The highest BCUT2D eigenvalue weighted by atomic mass is 16.5. The molecule has 0 fully saturated rings. The number of hydrogen-bond donors (Lipinski definition) is 6. The molecule has 0 amide bonds. The number of benzene rings is 4. The Kier molecular flexibility index (Phi) is 11.3. The zero-order chi connectivity index (χ0) is 28.9. The van der Waals surface area contributed by atoms with Crippen LogP contribution in [0.3, 0.4) is 0 Å². The lowest BCUT2D eigenvalue weighted by atomic mass is 10.1. The van der Waals surface area contributed by atoms with E-state index in [1.807, 2.05) is 32.0 Å². The van der Waals surface area contributed by atoms with E-state index in [1.165, 1.54) is 32.4 Å². The van der Waals surface area contributed by atoms with Crippen molar-refractivity contribution in [3.05, 3.63) is 95.1 Å². The molecule has 39 heavy (non-hydrogen) atoms. The van der Waals surface area contributed by atoms with E-state index >= 15 is 0 Å². The number of anilines is 2. The lowest BCUT2D eigenvalue weighted by Gasteiger charge is -2.11. The smallest absolute Gasteiger partial charge is 0.161 e. The lowest BCUT2D eigenvalue weighted by molar-refractivity contribution is 0.112. The minimum atomic E-state index is 0.0399. The zero-order valence-corrected chi connectivity index (χ0v) is 22.3. The minimum absolute atomic E-state index is 0.0399. The fraction of sp³-hybridized carbons (Fsp3) is 0.167. The highest BCUT2D eigenvalue weighted by molar-refractivity contribution is 5.76. The second-order valence-corrected chi connectivity index (χ2v) is 8.49.